The van der Waals surface area contributed by atoms with Gasteiger partial charge in [-0.1, -0.05) is 47.1 Å². The third-order valence-electron chi connectivity index (χ3n) is 4.28. The van der Waals surface area contributed by atoms with Crippen LogP contribution in [0.2, 0.25) is 5.02 Å². The van der Waals surface area contributed by atoms with Gasteiger partial charge in [0.1, 0.15) is 19.0 Å². The van der Waals surface area contributed by atoms with E-state index in [1.807, 2.05) is 0 Å². The summed E-state index contributed by atoms with van der Waals surface area (Å²) in [6.07, 6.45) is -1.22. The van der Waals surface area contributed by atoms with Gasteiger partial charge < -0.3 is 24.1 Å². The van der Waals surface area contributed by atoms with Crippen molar-refractivity contribution in [2.24, 2.45) is 0 Å². The van der Waals surface area contributed by atoms with Gasteiger partial charge in [-0.05, 0) is 19.1 Å². The molecular weight excluding hydrogens is 412 g/mol. The van der Waals surface area contributed by atoms with E-state index >= 15 is 0 Å². The fraction of sp³-hybridized carbons (Fsp3) is 0.190. The predicted molar refractivity (Wildman–Crippen MR) is 107 cm³/mol. The average molecular weight is 429 g/mol. The van der Waals surface area contributed by atoms with Crippen molar-refractivity contribution in [2.75, 3.05) is 18.5 Å². The van der Waals surface area contributed by atoms with Crippen LogP contribution in [0, 0.1) is 6.92 Å². The van der Waals surface area contributed by atoms with E-state index in [1.54, 1.807) is 43.3 Å². The van der Waals surface area contributed by atoms with Crippen LogP contribution < -0.4 is 14.8 Å². The molecular formula is C21H17ClN2O6. The molecule has 30 heavy (non-hydrogen) atoms. The molecule has 9 heteroatoms. The molecule has 0 spiro atoms. The average Bonchev–Trinajstić information content (AvgIpc) is 3.16. The van der Waals surface area contributed by atoms with Gasteiger partial charge >= 0.3 is 5.97 Å². The van der Waals surface area contributed by atoms with Gasteiger partial charge in [-0.15, -0.1) is 0 Å². The van der Waals surface area contributed by atoms with E-state index in [-0.39, 0.29) is 16.4 Å². The minimum absolute atomic E-state index is 0.135. The normalized spacial score (nSPS) is 13.4. The van der Waals surface area contributed by atoms with Crippen LogP contribution in [0.15, 0.2) is 53.1 Å². The maximum Gasteiger partial charge on any atom is 0.339 e. The number of carbonyl (C=O) groups excluding carboxylic acids is 2. The molecule has 0 radical (unpaired) electrons. The molecule has 1 aliphatic heterocycles. The Balaban J connectivity index is 1.59. The summed E-state index contributed by atoms with van der Waals surface area (Å²) in [6, 6.07) is 13.1. The fourth-order valence-corrected chi connectivity index (χ4v) is 3.19. The number of carbonyl (C=O) groups is 2. The van der Waals surface area contributed by atoms with Gasteiger partial charge in [0, 0.05) is 11.6 Å². The molecule has 0 fully saturated rings. The maximum atomic E-state index is 12.8. The van der Waals surface area contributed by atoms with Gasteiger partial charge in [0.05, 0.1) is 10.6 Å². The highest BCUT2D eigenvalue weighted by Crippen LogP contribution is 2.38. The minimum Gasteiger partial charge on any atom is -0.486 e. The number of hydrogen-bond acceptors (Lipinski definition) is 7. The van der Waals surface area contributed by atoms with E-state index in [2.05, 4.69) is 10.5 Å². The van der Waals surface area contributed by atoms with Crippen LogP contribution in [0.25, 0.3) is 0 Å². The molecule has 0 bridgehead atoms. The van der Waals surface area contributed by atoms with Gasteiger partial charge in [-0.2, -0.15) is 0 Å². The van der Waals surface area contributed by atoms with E-state index in [1.165, 1.54) is 12.1 Å². The summed E-state index contributed by atoms with van der Waals surface area (Å²) in [5.41, 5.74) is 0.627. The van der Waals surface area contributed by atoms with E-state index in [0.717, 1.165) is 0 Å². The Hall–Kier alpha value is -3.52. The number of nitrogens with zero attached hydrogens (tertiary/aromatic N) is 1. The Morgan fingerprint density at radius 2 is 1.90 bits per heavy atom. The number of rotatable bonds is 5. The van der Waals surface area contributed by atoms with Crippen LogP contribution in [0.3, 0.4) is 0 Å². The molecule has 0 aliphatic carbocycles. The van der Waals surface area contributed by atoms with Crippen LogP contribution >= 0.6 is 11.6 Å². The third kappa shape index (κ3) is 4.23. The number of anilines is 1. The van der Waals surface area contributed by atoms with E-state index in [4.69, 9.17) is 30.3 Å². The van der Waals surface area contributed by atoms with Crippen molar-refractivity contribution in [3.05, 3.63) is 70.4 Å². The number of fused-ring (bicyclic) bond motifs is 1. The first-order valence-electron chi connectivity index (χ1n) is 9.10. The number of aromatic nitrogens is 1. The minimum atomic E-state index is -1.22. The smallest absolute Gasteiger partial charge is 0.339 e. The molecule has 4 rings (SSSR count). The van der Waals surface area contributed by atoms with E-state index in [9.17, 15) is 9.59 Å². The number of nitrogens with one attached hydrogen (secondary N) is 1. The molecule has 2 aromatic carbocycles. The Morgan fingerprint density at radius 3 is 2.63 bits per heavy atom. The predicted octanol–water partition coefficient (Wildman–Crippen LogP) is 3.94. The standard InChI is InChI=1S/C21H17ClN2O6/c1-12-9-17(24-30-12)23-20(25)18(13-5-3-2-4-6-13)29-21(26)14-10-15(22)19-16(11-14)27-7-8-28-19/h2-6,9-11,18H,7-8H2,1H3,(H,23,24,25)/t18-/m1/s1. The van der Waals surface area contributed by atoms with Gasteiger partial charge in [0.15, 0.2) is 17.3 Å². The van der Waals surface area contributed by atoms with Crippen molar-refractivity contribution in [1.29, 1.82) is 0 Å². The number of aryl methyl sites for hydroxylation is 1. The van der Waals surface area contributed by atoms with Crippen LogP contribution in [-0.2, 0) is 9.53 Å². The van der Waals surface area contributed by atoms with Gasteiger partial charge in [0.25, 0.3) is 5.91 Å². The fourth-order valence-electron chi connectivity index (χ4n) is 2.92. The number of amides is 1. The lowest BCUT2D eigenvalue weighted by atomic mass is 10.1. The lowest BCUT2D eigenvalue weighted by Gasteiger charge is -2.21. The molecule has 2 heterocycles. The summed E-state index contributed by atoms with van der Waals surface area (Å²) in [5, 5.41) is 6.54. The molecule has 1 aliphatic rings. The summed E-state index contributed by atoms with van der Waals surface area (Å²) in [4.78, 5) is 25.7. The number of hydrogen-bond donors (Lipinski definition) is 1. The van der Waals surface area contributed by atoms with Crippen molar-refractivity contribution in [3.63, 3.8) is 0 Å². The monoisotopic (exact) mass is 428 g/mol. The van der Waals surface area contributed by atoms with Crippen molar-refractivity contribution in [1.82, 2.24) is 5.16 Å². The molecule has 1 atom stereocenters. The van der Waals surface area contributed by atoms with Gasteiger partial charge in [-0.25, -0.2) is 4.79 Å². The second kappa shape index (κ2) is 8.46. The molecule has 0 saturated heterocycles. The summed E-state index contributed by atoms with van der Waals surface area (Å²) < 4.78 is 21.5. The zero-order valence-corrected chi connectivity index (χ0v) is 16.6. The summed E-state index contributed by atoms with van der Waals surface area (Å²) in [6.45, 7) is 2.41. The Kier molecular flexibility index (Phi) is 5.58. The first kappa shape index (κ1) is 19.8. The molecule has 8 nitrogen and oxygen atoms in total. The van der Waals surface area contributed by atoms with Crippen molar-refractivity contribution >= 4 is 29.3 Å². The topological polar surface area (TPSA) is 99.9 Å². The second-order valence-corrected chi connectivity index (χ2v) is 6.90. The molecule has 0 unspecified atom stereocenters. The zero-order valence-electron chi connectivity index (χ0n) is 15.9. The van der Waals surface area contributed by atoms with E-state index in [0.29, 0.717) is 36.0 Å². The van der Waals surface area contributed by atoms with Crippen molar-refractivity contribution in [2.45, 2.75) is 13.0 Å². The zero-order chi connectivity index (χ0) is 21.1. The molecule has 0 saturated carbocycles. The lowest BCUT2D eigenvalue weighted by Crippen LogP contribution is -2.26. The quantitative estimate of drug-likeness (QED) is 0.614. The SMILES string of the molecule is Cc1cc(NC(=O)[C@H](OC(=O)c2cc(Cl)c3c(c2)OCCO3)c2ccccc2)no1. The first-order chi connectivity index (χ1) is 14.5. The number of halogens is 1. The highest BCUT2D eigenvalue weighted by molar-refractivity contribution is 6.32. The van der Waals surface area contributed by atoms with Gasteiger partial charge in [0.2, 0.25) is 6.10 Å². The molecule has 154 valence electrons. The molecule has 1 amide bonds. The maximum absolute atomic E-state index is 12.8. The number of ether oxygens (including phenoxy) is 3. The Morgan fingerprint density at radius 1 is 1.13 bits per heavy atom. The largest absolute Gasteiger partial charge is 0.486 e. The van der Waals surface area contributed by atoms with Crippen LogP contribution in [0.1, 0.15) is 27.8 Å². The van der Waals surface area contributed by atoms with Gasteiger partial charge in [-0.3, -0.25) is 4.79 Å². The number of benzene rings is 2. The first-order valence-corrected chi connectivity index (χ1v) is 9.48. The van der Waals surface area contributed by atoms with Crippen LogP contribution in [-0.4, -0.2) is 30.2 Å². The lowest BCUT2D eigenvalue weighted by molar-refractivity contribution is -0.125. The second-order valence-electron chi connectivity index (χ2n) is 6.49. The highest BCUT2D eigenvalue weighted by Gasteiger charge is 2.28. The summed E-state index contributed by atoms with van der Waals surface area (Å²) in [5.74, 6) is 0.153. The van der Waals surface area contributed by atoms with Crippen LogP contribution in [0.5, 0.6) is 11.5 Å². The summed E-state index contributed by atoms with van der Waals surface area (Å²) >= 11 is 6.21. The third-order valence-corrected chi connectivity index (χ3v) is 4.56. The Labute approximate surface area is 176 Å². The van der Waals surface area contributed by atoms with Crippen molar-refractivity contribution < 1.29 is 28.3 Å². The molecule has 1 N–H and O–H groups in total. The summed E-state index contributed by atoms with van der Waals surface area (Å²) in [7, 11) is 0. The van der Waals surface area contributed by atoms with Crippen molar-refractivity contribution in [3.8, 4) is 11.5 Å². The number of esters is 1. The Bertz CT molecular complexity index is 1080. The molecule has 3 aromatic rings. The van der Waals surface area contributed by atoms with E-state index < -0.39 is 18.0 Å². The molecule has 1 aromatic heterocycles. The van der Waals surface area contributed by atoms with Crippen LogP contribution in [0.4, 0.5) is 5.82 Å². The highest BCUT2D eigenvalue weighted by atomic mass is 35.5.